The molecule has 1 rings (SSSR count). The van der Waals surface area contributed by atoms with E-state index in [2.05, 4.69) is 22.6 Å². The normalized spacial score (nSPS) is 11.2. The zero-order valence-electron chi connectivity index (χ0n) is 9.16. The van der Waals surface area contributed by atoms with Gasteiger partial charge in [-0.3, -0.25) is 4.79 Å². The van der Waals surface area contributed by atoms with Gasteiger partial charge in [0.1, 0.15) is 0 Å². The lowest BCUT2D eigenvalue weighted by Gasteiger charge is -2.24. The minimum Gasteiger partial charge on any atom is -0.476 e. The smallest absolute Gasteiger partial charge is 0.372 e. The number of carbonyl (C=O) groups excluding carboxylic acids is 1. The van der Waals surface area contributed by atoms with Crippen molar-refractivity contribution in [2.24, 2.45) is 0 Å². The Hall–Kier alpha value is -0.910. The number of halogens is 1. The minimum atomic E-state index is -1.36. The first-order valence-corrected chi connectivity index (χ1v) is 5.93. The second-order valence-electron chi connectivity index (χ2n) is 4.27. The first kappa shape index (κ1) is 13.2. The first-order valence-electron chi connectivity index (χ1n) is 4.86. The van der Waals surface area contributed by atoms with Crippen LogP contribution in [-0.2, 0) is 15.0 Å². The van der Waals surface area contributed by atoms with E-state index in [1.165, 1.54) is 0 Å². The molecule has 0 unspecified atom stereocenters. The van der Waals surface area contributed by atoms with Crippen LogP contribution in [0.25, 0.3) is 0 Å². The largest absolute Gasteiger partial charge is 0.476 e. The maximum atomic E-state index is 11.2. The Morgan fingerprint density at radius 3 is 2.38 bits per heavy atom. The number of carbonyl (C=O) groups is 2. The molecule has 0 fully saturated rings. The second kappa shape index (κ2) is 4.95. The summed E-state index contributed by atoms with van der Waals surface area (Å²) in [4.78, 5) is 21.8. The molecule has 16 heavy (non-hydrogen) atoms. The lowest BCUT2D eigenvalue weighted by atomic mass is 9.80. The molecular formula is C12H13IO3. The third kappa shape index (κ3) is 3.04. The van der Waals surface area contributed by atoms with Gasteiger partial charge in [0, 0.05) is 9.99 Å². The van der Waals surface area contributed by atoms with Crippen molar-refractivity contribution < 1.29 is 14.7 Å². The summed E-state index contributed by atoms with van der Waals surface area (Å²) in [6, 6.07) is 7.69. The molecule has 0 radical (unpaired) electrons. The van der Waals surface area contributed by atoms with Crippen molar-refractivity contribution in [1.29, 1.82) is 0 Å². The fraction of sp³-hybridized carbons (Fsp3) is 0.333. The average molecular weight is 332 g/mol. The minimum absolute atomic E-state index is 0.0162. The molecule has 0 aliphatic heterocycles. The lowest BCUT2D eigenvalue weighted by molar-refractivity contribution is -0.149. The highest BCUT2D eigenvalue weighted by atomic mass is 127. The summed E-state index contributed by atoms with van der Waals surface area (Å²) in [6.45, 7) is 3.76. The van der Waals surface area contributed by atoms with Crippen molar-refractivity contribution in [3.63, 3.8) is 0 Å². The summed E-state index contributed by atoms with van der Waals surface area (Å²) in [5.41, 5.74) is 0.554. The van der Waals surface area contributed by atoms with Gasteiger partial charge in [0.15, 0.2) is 0 Å². The molecule has 86 valence electrons. The predicted octanol–water partition coefficient (Wildman–Crippen LogP) is 2.61. The Morgan fingerprint density at radius 1 is 1.31 bits per heavy atom. The molecule has 0 atom stereocenters. The number of Topliss-reactive ketones (excluding diaryl/α,β-unsaturated/α-hetero) is 1. The quantitative estimate of drug-likeness (QED) is 0.681. The average Bonchev–Trinajstić information content (AvgIpc) is 2.17. The van der Waals surface area contributed by atoms with Crippen LogP contribution in [0.4, 0.5) is 0 Å². The van der Waals surface area contributed by atoms with Gasteiger partial charge in [0.05, 0.1) is 0 Å². The monoisotopic (exact) mass is 332 g/mol. The van der Waals surface area contributed by atoms with Gasteiger partial charge < -0.3 is 5.11 Å². The number of hydrogen-bond donors (Lipinski definition) is 1. The van der Waals surface area contributed by atoms with E-state index < -0.39 is 17.2 Å². The fourth-order valence-electron chi connectivity index (χ4n) is 1.58. The molecule has 0 aromatic heterocycles. The van der Waals surface area contributed by atoms with E-state index >= 15 is 0 Å². The zero-order chi connectivity index (χ0) is 12.3. The van der Waals surface area contributed by atoms with Crippen LogP contribution in [0.2, 0.25) is 0 Å². The Kier molecular flexibility index (Phi) is 4.07. The SMILES string of the molecule is CC(C)(CC(=O)C(=O)O)c1ccccc1I. The van der Waals surface area contributed by atoms with Gasteiger partial charge in [0.2, 0.25) is 5.78 Å². The number of carboxylic acid groups (broad SMARTS) is 1. The van der Waals surface area contributed by atoms with Crippen LogP contribution >= 0.6 is 22.6 Å². The molecular weight excluding hydrogens is 319 g/mol. The van der Waals surface area contributed by atoms with Gasteiger partial charge in [-0.25, -0.2) is 4.79 Å². The van der Waals surface area contributed by atoms with Gasteiger partial charge in [-0.15, -0.1) is 0 Å². The van der Waals surface area contributed by atoms with Crippen molar-refractivity contribution in [1.82, 2.24) is 0 Å². The summed E-state index contributed by atoms with van der Waals surface area (Å²) >= 11 is 2.19. The van der Waals surface area contributed by atoms with Crippen LogP contribution in [0.1, 0.15) is 25.8 Å². The Bertz CT molecular complexity index is 424. The predicted molar refractivity (Wildman–Crippen MR) is 69.4 cm³/mol. The molecule has 0 heterocycles. The van der Waals surface area contributed by atoms with E-state index in [1.807, 2.05) is 38.1 Å². The van der Waals surface area contributed by atoms with Crippen molar-refractivity contribution in [3.8, 4) is 0 Å². The number of benzene rings is 1. The highest BCUT2D eigenvalue weighted by molar-refractivity contribution is 14.1. The highest BCUT2D eigenvalue weighted by Crippen LogP contribution is 2.30. The number of ketones is 1. The van der Waals surface area contributed by atoms with Gasteiger partial charge >= 0.3 is 5.97 Å². The number of hydrogen-bond acceptors (Lipinski definition) is 2. The highest BCUT2D eigenvalue weighted by Gasteiger charge is 2.28. The Labute approximate surface area is 108 Å². The molecule has 0 aliphatic rings. The van der Waals surface area contributed by atoms with Gasteiger partial charge in [-0.1, -0.05) is 32.0 Å². The molecule has 1 aromatic rings. The Morgan fingerprint density at radius 2 is 1.88 bits per heavy atom. The van der Waals surface area contributed by atoms with Crippen molar-refractivity contribution in [2.75, 3.05) is 0 Å². The fourth-order valence-corrected chi connectivity index (χ4v) is 2.70. The molecule has 1 N–H and O–H groups in total. The van der Waals surface area contributed by atoms with E-state index in [0.29, 0.717) is 0 Å². The summed E-state index contributed by atoms with van der Waals surface area (Å²) < 4.78 is 1.04. The maximum Gasteiger partial charge on any atom is 0.372 e. The van der Waals surface area contributed by atoms with Gasteiger partial charge in [-0.2, -0.15) is 0 Å². The summed E-state index contributed by atoms with van der Waals surface area (Å²) in [5.74, 6) is -2.11. The van der Waals surface area contributed by atoms with Crippen LogP contribution in [0.3, 0.4) is 0 Å². The van der Waals surface area contributed by atoms with E-state index in [9.17, 15) is 9.59 Å². The summed E-state index contributed by atoms with van der Waals surface area (Å²) in [6.07, 6.45) is 0.0162. The molecule has 0 aliphatic carbocycles. The van der Waals surface area contributed by atoms with Crippen LogP contribution in [0.15, 0.2) is 24.3 Å². The van der Waals surface area contributed by atoms with E-state index in [-0.39, 0.29) is 6.42 Å². The van der Waals surface area contributed by atoms with Crippen LogP contribution in [-0.4, -0.2) is 16.9 Å². The summed E-state index contributed by atoms with van der Waals surface area (Å²) in [5, 5.41) is 8.61. The van der Waals surface area contributed by atoms with Crippen LogP contribution in [0, 0.1) is 3.57 Å². The standard InChI is InChI=1S/C12H13IO3/c1-12(2,7-10(14)11(15)16)8-5-3-4-6-9(8)13/h3-6H,7H2,1-2H3,(H,15,16). The molecule has 1 aromatic carbocycles. The Balaban J connectivity index is 2.98. The van der Waals surface area contributed by atoms with E-state index in [1.54, 1.807) is 0 Å². The lowest BCUT2D eigenvalue weighted by Crippen LogP contribution is -2.26. The van der Waals surface area contributed by atoms with Gasteiger partial charge in [-0.05, 0) is 39.6 Å². The molecule has 3 nitrogen and oxygen atoms in total. The van der Waals surface area contributed by atoms with Crippen molar-refractivity contribution in [3.05, 3.63) is 33.4 Å². The molecule has 0 amide bonds. The topological polar surface area (TPSA) is 54.4 Å². The third-order valence-corrected chi connectivity index (χ3v) is 3.38. The van der Waals surface area contributed by atoms with E-state index in [0.717, 1.165) is 9.13 Å². The zero-order valence-corrected chi connectivity index (χ0v) is 11.3. The molecule has 4 heteroatoms. The maximum absolute atomic E-state index is 11.2. The number of carboxylic acids is 1. The van der Waals surface area contributed by atoms with Crippen molar-refractivity contribution in [2.45, 2.75) is 25.7 Å². The van der Waals surface area contributed by atoms with Crippen molar-refractivity contribution >= 4 is 34.3 Å². The van der Waals surface area contributed by atoms with E-state index in [4.69, 9.17) is 5.11 Å². The van der Waals surface area contributed by atoms with Crippen LogP contribution in [0.5, 0.6) is 0 Å². The summed E-state index contributed by atoms with van der Waals surface area (Å²) in [7, 11) is 0. The van der Waals surface area contributed by atoms with Gasteiger partial charge in [0.25, 0.3) is 0 Å². The number of aliphatic carboxylic acids is 1. The molecule has 0 bridgehead atoms. The number of rotatable bonds is 4. The first-order chi connectivity index (χ1) is 7.34. The molecule has 0 saturated carbocycles. The molecule has 0 spiro atoms. The molecule has 0 saturated heterocycles. The second-order valence-corrected chi connectivity index (χ2v) is 5.43. The third-order valence-electron chi connectivity index (χ3n) is 2.44. The van der Waals surface area contributed by atoms with Crippen LogP contribution < -0.4 is 0 Å².